The fourth-order valence-corrected chi connectivity index (χ4v) is 3.35. The van der Waals surface area contributed by atoms with E-state index in [4.69, 9.17) is 5.11 Å². The Balaban J connectivity index is 1.90. The van der Waals surface area contributed by atoms with Gasteiger partial charge in [0.25, 0.3) is 0 Å². The summed E-state index contributed by atoms with van der Waals surface area (Å²) in [6, 6.07) is 3.66. The van der Waals surface area contributed by atoms with Gasteiger partial charge in [-0.2, -0.15) is 0 Å². The summed E-state index contributed by atoms with van der Waals surface area (Å²) in [7, 11) is 0. The van der Waals surface area contributed by atoms with Crippen molar-refractivity contribution < 1.29 is 14.7 Å². The molecule has 1 aromatic rings. The molecule has 0 saturated heterocycles. The van der Waals surface area contributed by atoms with Crippen LogP contribution in [0.15, 0.2) is 12.1 Å². The molecule has 2 amide bonds. The van der Waals surface area contributed by atoms with E-state index in [1.807, 2.05) is 26.0 Å². The van der Waals surface area contributed by atoms with Gasteiger partial charge in [0, 0.05) is 9.75 Å². The molecule has 6 heteroatoms. The van der Waals surface area contributed by atoms with E-state index >= 15 is 0 Å². The second-order valence-electron chi connectivity index (χ2n) is 5.47. The molecule has 1 aliphatic carbocycles. The highest BCUT2D eigenvalue weighted by Gasteiger charge is 2.40. The van der Waals surface area contributed by atoms with Crippen molar-refractivity contribution in [1.82, 2.24) is 10.6 Å². The first kappa shape index (κ1) is 14.8. The maximum Gasteiger partial charge on any atom is 0.315 e. The van der Waals surface area contributed by atoms with Crippen molar-refractivity contribution in [1.29, 1.82) is 0 Å². The summed E-state index contributed by atoms with van der Waals surface area (Å²) in [6.45, 7) is 3.95. The van der Waals surface area contributed by atoms with Gasteiger partial charge in [-0.15, -0.1) is 11.3 Å². The van der Waals surface area contributed by atoms with Crippen LogP contribution in [0, 0.1) is 6.92 Å². The lowest BCUT2D eigenvalue weighted by Gasteiger charge is -2.41. The van der Waals surface area contributed by atoms with Crippen LogP contribution in [0.5, 0.6) is 0 Å². The average Bonchev–Trinajstić information content (AvgIpc) is 2.72. The van der Waals surface area contributed by atoms with E-state index in [0.717, 1.165) is 24.1 Å². The van der Waals surface area contributed by atoms with Crippen molar-refractivity contribution in [2.75, 3.05) is 0 Å². The smallest absolute Gasteiger partial charge is 0.315 e. The number of nitrogens with one attached hydrogen (secondary N) is 2. The highest BCUT2D eigenvalue weighted by molar-refractivity contribution is 7.12. The lowest BCUT2D eigenvalue weighted by molar-refractivity contribution is -0.139. The number of hydrogen-bond donors (Lipinski definition) is 3. The van der Waals surface area contributed by atoms with Gasteiger partial charge >= 0.3 is 12.0 Å². The summed E-state index contributed by atoms with van der Waals surface area (Å²) in [4.78, 5) is 25.2. The van der Waals surface area contributed by atoms with Crippen molar-refractivity contribution in [3.8, 4) is 0 Å². The number of amides is 2. The predicted octanol–water partition coefficient (Wildman–Crippen LogP) is 2.81. The van der Waals surface area contributed by atoms with E-state index in [-0.39, 0.29) is 18.5 Å². The Labute approximate surface area is 122 Å². The number of hydrogen-bond acceptors (Lipinski definition) is 3. The van der Waals surface area contributed by atoms with E-state index in [2.05, 4.69) is 10.6 Å². The van der Waals surface area contributed by atoms with Crippen LogP contribution in [0.25, 0.3) is 0 Å². The molecule has 1 aliphatic rings. The zero-order valence-electron chi connectivity index (χ0n) is 11.7. The van der Waals surface area contributed by atoms with Crippen LogP contribution >= 0.6 is 11.3 Å². The largest absolute Gasteiger partial charge is 0.481 e. The second kappa shape index (κ2) is 5.83. The molecular weight excluding hydrogens is 276 g/mol. The molecule has 0 bridgehead atoms. The number of aliphatic carboxylic acids is 1. The van der Waals surface area contributed by atoms with Gasteiger partial charge in [0.15, 0.2) is 0 Å². The standard InChI is InChI=1S/C14H20N2O3S/c1-9-4-5-11(20-9)10(2)15-13(19)16-14(6-3-7-14)8-12(17)18/h4-5,10H,3,6-8H2,1-2H3,(H,17,18)(H2,15,16,19). The van der Waals surface area contributed by atoms with Crippen LogP contribution in [0.2, 0.25) is 0 Å². The molecule has 1 heterocycles. The first-order valence-corrected chi connectivity index (χ1v) is 7.59. The summed E-state index contributed by atoms with van der Waals surface area (Å²) in [5.74, 6) is -0.869. The van der Waals surface area contributed by atoms with Crippen LogP contribution in [0.1, 0.15) is 48.4 Å². The lowest BCUT2D eigenvalue weighted by Crippen LogP contribution is -2.57. The summed E-state index contributed by atoms with van der Waals surface area (Å²) >= 11 is 1.65. The van der Waals surface area contributed by atoms with Crippen molar-refractivity contribution in [3.05, 3.63) is 21.9 Å². The van der Waals surface area contributed by atoms with Crippen LogP contribution < -0.4 is 10.6 Å². The number of carboxylic acid groups (broad SMARTS) is 1. The third kappa shape index (κ3) is 3.50. The fourth-order valence-electron chi connectivity index (χ4n) is 2.47. The predicted molar refractivity (Wildman–Crippen MR) is 78.0 cm³/mol. The molecule has 0 radical (unpaired) electrons. The highest BCUT2D eigenvalue weighted by atomic mass is 32.1. The van der Waals surface area contributed by atoms with Gasteiger partial charge in [-0.1, -0.05) is 0 Å². The average molecular weight is 296 g/mol. The minimum absolute atomic E-state index is 0.00703. The Hall–Kier alpha value is -1.56. The SMILES string of the molecule is Cc1ccc(C(C)NC(=O)NC2(CC(=O)O)CCC2)s1. The summed E-state index contributed by atoms with van der Waals surface area (Å²) in [6.07, 6.45) is 2.43. The van der Waals surface area contributed by atoms with Crippen molar-refractivity contribution in [2.45, 2.75) is 51.1 Å². The minimum atomic E-state index is -0.869. The molecule has 110 valence electrons. The maximum absolute atomic E-state index is 12.0. The number of rotatable bonds is 5. The summed E-state index contributed by atoms with van der Waals surface area (Å²) < 4.78 is 0. The van der Waals surface area contributed by atoms with E-state index < -0.39 is 11.5 Å². The normalized spacial score (nSPS) is 17.9. The molecule has 1 unspecified atom stereocenters. The van der Waals surface area contributed by atoms with Gasteiger partial charge in [-0.3, -0.25) is 4.79 Å². The second-order valence-corrected chi connectivity index (χ2v) is 6.79. The third-order valence-electron chi connectivity index (χ3n) is 3.71. The first-order valence-electron chi connectivity index (χ1n) is 6.77. The molecule has 20 heavy (non-hydrogen) atoms. The number of carbonyl (C=O) groups is 2. The Morgan fingerprint density at radius 1 is 1.45 bits per heavy atom. The van der Waals surface area contributed by atoms with Crippen LogP contribution in [-0.4, -0.2) is 22.6 Å². The number of urea groups is 1. The van der Waals surface area contributed by atoms with Gasteiger partial charge in [0.2, 0.25) is 0 Å². The van der Waals surface area contributed by atoms with Crippen LogP contribution in [0.3, 0.4) is 0 Å². The van der Waals surface area contributed by atoms with Crippen LogP contribution in [0.4, 0.5) is 4.79 Å². The zero-order chi connectivity index (χ0) is 14.8. The molecular formula is C14H20N2O3S. The van der Waals surface area contributed by atoms with Gasteiger partial charge in [-0.05, 0) is 45.2 Å². The van der Waals surface area contributed by atoms with Gasteiger partial charge in [-0.25, -0.2) is 4.79 Å². The molecule has 1 fully saturated rings. The Morgan fingerprint density at radius 3 is 2.60 bits per heavy atom. The first-order chi connectivity index (χ1) is 9.40. The molecule has 2 rings (SSSR count). The Kier molecular flexibility index (Phi) is 4.32. The quantitative estimate of drug-likeness (QED) is 0.781. The Morgan fingerprint density at radius 2 is 2.15 bits per heavy atom. The van der Waals surface area contributed by atoms with E-state index in [1.165, 1.54) is 4.88 Å². The number of thiophene rings is 1. The van der Waals surface area contributed by atoms with E-state index in [0.29, 0.717) is 0 Å². The van der Waals surface area contributed by atoms with Gasteiger partial charge in [0.1, 0.15) is 0 Å². The third-order valence-corrected chi connectivity index (χ3v) is 4.90. The molecule has 0 spiro atoms. The summed E-state index contributed by atoms with van der Waals surface area (Å²) in [5, 5.41) is 14.6. The van der Waals surface area contributed by atoms with E-state index in [9.17, 15) is 9.59 Å². The van der Waals surface area contributed by atoms with Crippen molar-refractivity contribution in [3.63, 3.8) is 0 Å². The number of aryl methyl sites for hydroxylation is 1. The van der Waals surface area contributed by atoms with Gasteiger partial charge in [0.05, 0.1) is 18.0 Å². The van der Waals surface area contributed by atoms with Gasteiger partial charge < -0.3 is 15.7 Å². The molecule has 1 saturated carbocycles. The fraction of sp³-hybridized carbons (Fsp3) is 0.571. The van der Waals surface area contributed by atoms with Crippen molar-refractivity contribution >= 4 is 23.3 Å². The zero-order valence-corrected chi connectivity index (χ0v) is 12.5. The maximum atomic E-state index is 12.0. The number of carbonyl (C=O) groups excluding carboxylic acids is 1. The van der Waals surface area contributed by atoms with Crippen molar-refractivity contribution in [2.24, 2.45) is 0 Å². The molecule has 5 nitrogen and oxygen atoms in total. The summed E-state index contributed by atoms with van der Waals surface area (Å²) in [5.41, 5.74) is -0.555. The number of carboxylic acids is 1. The molecule has 3 N–H and O–H groups in total. The van der Waals surface area contributed by atoms with E-state index in [1.54, 1.807) is 11.3 Å². The topological polar surface area (TPSA) is 78.4 Å². The minimum Gasteiger partial charge on any atom is -0.481 e. The molecule has 1 atom stereocenters. The lowest BCUT2D eigenvalue weighted by atomic mass is 9.74. The highest BCUT2D eigenvalue weighted by Crippen LogP contribution is 2.35. The van der Waals surface area contributed by atoms with Crippen LogP contribution in [-0.2, 0) is 4.79 Å². The molecule has 0 aromatic carbocycles. The molecule has 1 aromatic heterocycles. The monoisotopic (exact) mass is 296 g/mol. The Bertz CT molecular complexity index is 508. The molecule has 0 aliphatic heterocycles.